The number of nitrogens with one attached hydrogen (secondary N) is 2. The normalized spacial score (nSPS) is 27.0. The van der Waals surface area contributed by atoms with Crippen molar-refractivity contribution in [2.45, 2.75) is 18.0 Å². The predicted molar refractivity (Wildman–Crippen MR) is 132 cm³/mol. The number of phenols is 1. The number of amides is 3. The zero-order valence-electron chi connectivity index (χ0n) is 19.9. The van der Waals surface area contributed by atoms with E-state index in [0.717, 1.165) is 10.5 Å². The van der Waals surface area contributed by atoms with Crippen LogP contribution in [0.4, 0.5) is 15.8 Å². The smallest absolute Gasteiger partial charge is 0.250 e. The maximum atomic E-state index is 14.4. The standard InChI is InChI=1S/C28H22FN3O6/c29-15-3-7-19-18(12-15)28(27(36)30-19)24-23(20(31-28)11-14-1-5-17(33)6-2-14)25(34)32(26(24)35)16-4-8-21-22(13-16)38-10-9-37-21/h1-8,12-13,20,23-24,31,33H,9-11H2,(H,30,36)/t20?,23-,24+,28?/m0/s1. The summed E-state index contributed by atoms with van der Waals surface area (Å²) in [6.07, 6.45) is 0.301. The highest BCUT2D eigenvalue weighted by molar-refractivity contribution is 6.26. The van der Waals surface area contributed by atoms with Crippen LogP contribution in [-0.4, -0.2) is 42.1 Å². The molecule has 2 fully saturated rings. The summed E-state index contributed by atoms with van der Waals surface area (Å²) in [5.74, 6) is -3.04. The van der Waals surface area contributed by atoms with Gasteiger partial charge in [-0.1, -0.05) is 12.1 Å². The summed E-state index contributed by atoms with van der Waals surface area (Å²) in [5.41, 5.74) is 0.183. The number of halogens is 1. The van der Waals surface area contributed by atoms with Crippen molar-refractivity contribution in [1.82, 2.24) is 5.32 Å². The first-order valence-corrected chi connectivity index (χ1v) is 12.3. The molecule has 3 aromatic carbocycles. The van der Waals surface area contributed by atoms with E-state index in [4.69, 9.17) is 9.47 Å². The van der Waals surface area contributed by atoms with Crippen molar-refractivity contribution in [2.75, 3.05) is 23.4 Å². The van der Waals surface area contributed by atoms with Gasteiger partial charge in [0.25, 0.3) is 0 Å². The van der Waals surface area contributed by atoms with Gasteiger partial charge in [-0.2, -0.15) is 0 Å². The first kappa shape index (κ1) is 22.7. The van der Waals surface area contributed by atoms with Gasteiger partial charge in [0.2, 0.25) is 17.7 Å². The van der Waals surface area contributed by atoms with Gasteiger partial charge in [-0.3, -0.25) is 19.7 Å². The van der Waals surface area contributed by atoms with Gasteiger partial charge in [0.05, 0.1) is 17.5 Å². The molecule has 192 valence electrons. The number of imide groups is 1. The number of anilines is 2. The van der Waals surface area contributed by atoms with Crippen molar-refractivity contribution in [2.24, 2.45) is 11.8 Å². The van der Waals surface area contributed by atoms with E-state index in [-0.39, 0.29) is 5.75 Å². The molecule has 2 unspecified atom stereocenters. The van der Waals surface area contributed by atoms with Crippen LogP contribution < -0.4 is 25.0 Å². The topological polar surface area (TPSA) is 117 Å². The quantitative estimate of drug-likeness (QED) is 0.459. The van der Waals surface area contributed by atoms with Crippen LogP contribution in [0.3, 0.4) is 0 Å². The lowest BCUT2D eigenvalue weighted by Gasteiger charge is -2.30. The van der Waals surface area contributed by atoms with Gasteiger partial charge in [-0.15, -0.1) is 0 Å². The molecule has 4 aliphatic heterocycles. The Morgan fingerprint density at radius 2 is 1.71 bits per heavy atom. The molecule has 0 aromatic heterocycles. The molecule has 4 aliphatic rings. The van der Waals surface area contributed by atoms with Gasteiger partial charge < -0.3 is 19.9 Å². The molecule has 38 heavy (non-hydrogen) atoms. The Morgan fingerprint density at radius 1 is 0.947 bits per heavy atom. The molecule has 3 aromatic rings. The van der Waals surface area contributed by atoms with Gasteiger partial charge in [0.1, 0.15) is 30.3 Å². The monoisotopic (exact) mass is 515 g/mol. The number of carbonyl (C=O) groups is 3. The molecule has 10 heteroatoms. The highest BCUT2D eigenvalue weighted by atomic mass is 19.1. The maximum Gasteiger partial charge on any atom is 0.250 e. The Hall–Kier alpha value is -4.44. The fourth-order valence-electron chi connectivity index (χ4n) is 6.26. The highest BCUT2D eigenvalue weighted by Crippen LogP contribution is 2.54. The van der Waals surface area contributed by atoms with E-state index in [1.807, 2.05) is 0 Å². The Bertz CT molecular complexity index is 1530. The van der Waals surface area contributed by atoms with Crippen LogP contribution in [-0.2, 0) is 26.3 Å². The Labute approximate surface area is 216 Å². The summed E-state index contributed by atoms with van der Waals surface area (Å²) >= 11 is 0. The lowest BCUT2D eigenvalue weighted by molar-refractivity contribution is -0.130. The molecule has 3 N–H and O–H groups in total. The first-order valence-electron chi connectivity index (χ1n) is 12.3. The number of benzene rings is 3. The molecular weight excluding hydrogens is 493 g/mol. The van der Waals surface area contributed by atoms with Gasteiger partial charge in [-0.25, -0.2) is 9.29 Å². The predicted octanol–water partition coefficient (Wildman–Crippen LogP) is 2.47. The van der Waals surface area contributed by atoms with E-state index < -0.39 is 47.0 Å². The summed E-state index contributed by atoms with van der Waals surface area (Å²) in [6.45, 7) is 0.740. The lowest BCUT2D eigenvalue weighted by Crippen LogP contribution is -2.53. The van der Waals surface area contributed by atoms with Gasteiger partial charge in [0, 0.05) is 23.4 Å². The zero-order chi connectivity index (χ0) is 26.2. The number of fused-ring (bicyclic) bond motifs is 5. The molecule has 4 atom stereocenters. The Morgan fingerprint density at radius 3 is 2.50 bits per heavy atom. The number of carbonyl (C=O) groups excluding carboxylic acids is 3. The van der Waals surface area contributed by atoms with Crippen LogP contribution in [0.25, 0.3) is 0 Å². The van der Waals surface area contributed by atoms with Crippen molar-refractivity contribution >= 4 is 29.1 Å². The fourth-order valence-corrected chi connectivity index (χ4v) is 6.26. The average Bonchev–Trinajstić information content (AvgIpc) is 3.49. The van der Waals surface area contributed by atoms with Crippen molar-refractivity contribution in [3.63, 3.8) is 0 Å². The number of nitrogens with zero attached hydrogens (tertiary/aromatic N) is 1. The number of hydrogen-bond acceptors (Lipinski definition) is 7. The number of hydrogen-bond donors (Lipinski definition) is 3. The Kier molecular flexibility index (Phi) is 4.80. The fraction of sp³-hybridized carbons (Fsp3) is 0.250. The number of ether oxygens (including phenoxy) is 2. The third kappa shape index (κ3) is 3.10. The highest BCUT2D eigenvalue weighted by Gasteiger charge is 2.70. The van der Waals surface area contributed by atoms with Crippen LogP contribution in [0, 0.1) is 17.7 Å². The van der Waals surface area contributed by atoms with Crippen molar-refractivity contribution in [3.8, 4) is 17.2 Å². The number of rotatable bonds is 3. The molecule has 0 aliphatic carbocycles. The minimum atomic E-state index is -1.63. The number of aromatic hydroxyl groups is 1. The summed E-state index contributed by atoms with van der Waals surface area (Å²) in [4.78, 5) is 42.8. The Balaban J connectivity index is 1.35. The molecule has 0 bridgehead atoms. The molecule has 4 heterocycles. The van der Waals surface area contributed by atoms with Gasteiger partial charge >= 0.3 is 0 Å². The largest absolute Gasteiger partial charge is 0.508 e. The van der Waals surface area contributed by atoms with E-state index in [2.05, 4.69) is 10.6 Å². The van der Waals surface area contributed by atoms with Crippen LogP contribution >= 0.6 is 0 Å². The van der Waals surface area contributed by atoms with E-state index in [1.54, 1.807) is 30.3 Å². The second-order valence-corrected chi connectivity index (χ2v) is 9.92. The van der Waals surface area contributed by atoms with Crippen molar-refractivity contribution in [1.29, 1.82) is 0 Å². The minimum absolute atomic E-state index is 0.0963. The third-order valence-electron chi connectivity index (χ3n) is 7.85. The van der Waals surface area contributed by atoms with Crippen LogP contribution in [0.15, 0.2) is 60.7 Å². The van der Waals surface area contributed by atoms with E-state index >= 15 is 0 Å². The molecule has 1 spiro atoms. The van der Waals surface area contributed by atoms with E-state index in [9.17, 15) is 23.9 Å². The lowest BCUT2D eigenvalue weighted by atomic mass is 9.76. The average molecular weight is 515 g/mol. The molecule has 7 rings (SSSR count). The first-order chi connectivity index (χ1) is 18.4. The summed E-state index contributed by atoms with van der Waals surface area (Å²) in [6, 6.07) is 14.7. The second kappa shape index (κ2) is 8.03. The van der Waals surface area contributed by atoms with Crippen molar-refractivity contribution < 1.29 is 33.4 Å². The van der Waals surface area contributed by atoms with Crippen LogP contribution in [0.5, 0.6) is 17.2 Å². The number of phenolic OH excluding ortho intramolecular Hbond substituents is 1. The molecule has 0 radical (unpaired) electrons. The second-order valence-electron chi connectivity index (χ2n) is 9.92. The molecule has 2 saturated heterocycles. The zero-order valence-corrected chi connectivity index (χ0v) is 19.9. The minimum Gasteiger partial charge on any atom is -0.508 e. The van der Waals surface area contributed by atoms with Gasteiger partial charge in [-0.05, 0) is 54.4 Å². The van der Waals surface area contributed by atoms with Crippen LogP contribution in [0.1, 0.15) is 11.1 Å². The van der Waals surface area contributed by atoms with Crippen molar-refractivity contribution in [3.05, 3.63) is 77.6 Å². The summed E-state index contributed by atoms with van der Waals surface area (Å²) < 4.78 is 25.7. The van der Waals surface area contributed by atoms with Crippen LogP contribution in [0.2, 0.25) is 0 Å². The molecule has 0 saturated carbocycles. The third-order valence-corrected chi connectivity index (χ3v) is 7.85. The van der Waals surface area contributed by atoms with E-state index in [0.29, 0.717) is 48.1 Å². The van der Waals surface area contributed by atoms with Gasteiger partial charge in [0.15, 0.2) is 11.5 Å². The SMILES string of the molecule is O=C1[C@H]2C(Cc3ccc(O)cc3)NC3(C(=O)Nc4ccc(F)cc43)[C@H]2C(=O)N1c1ccc2c(c1)OCCO2. The molecule has 9 nitrogen and oxygen atoms in total. The molecular formula is C28H22FN3O6. The summed E-state index contributed by atoms with van der Waals surface area (Å²) in [5, 5.41) is 15.8. The molecule has 3 amide bonds. The summed E-state index contributed by atoms with van der Waals surface area (Å²) in [7, 11) is 0. The van der Waals surface area contributed by atoms with E-state index in [1.165, 1.54) is 30.3 Å². The maximum absolute atomic E-state index is 14.4.